The lowest BCUT2D eigenvalue weighted by Gasteiger charge is -2.45. The second-order valence-corrected chi connectivity index (χ2v) is 14.8. The van der Waals surface area contributed by atoms with E-state index in [0.717, 1.165) is 6.42 Å². The van der Waals surface area contributed by atoms with E-state index >= 15 is 0 Å². The van der Waals surface area contributed by atoms with Crippen LogP contribution in [0, 0.1) is 23.2 Å². The zero-order valence-electron chi connectivity index (χ0n) is 23.4. The molecule has 4 rings (SSSR count). The minimum Gasteiger partial charge on any atom is -0.465 e. The maximum Gasteiger partial charge on any atom is 0.311 e. The van der Waals surface area contributed by atoms with Crippen molar-refractivity contribution < 1.29 is 24.2 Å². The van der Waals surface area contributed by atoms with Crippen LogP contribution in [0.25, 0.3) is 0 Å². The number of hydrogen-bond acceptors (Lipinski definition) is 6. The number of aliphatic hydroxyl groups is 1. The number of likely N-dealkylation sites (tertiary alicyclic amines) is 1. The Hall–Kier alpha value is -1.80. The van der Waals surface area contributed by atoms with E-state index in [1.165, 1.54) is 0 Å². The number of esters is 1. The summed E-state index contributed by atoms with van der Waals surface area (Å²) in [4.78, 5) is 45.8. The average Bonchev–Trinajstić information content (AvgIpc) is 3.14. The van der Waals surface area contributed by atoms with Gasteiger partial charge in [-0.3, -0.25) is 14.4 Å². The predicted molar refractivity (Wildman–Crippen MR) is 146 cm³/mol. The maximum atomic E-state index is 14.6. The quantitative estimate of drug-likeness (QED) is 0.414. The van der Waals surface area contributed by atoms with Crippen LogP contribution >= 0.6 is 11.8 Å². The Balaban J connectivity index is 1.85. The average molecular weight is 533 g/mol. The largest absolute Gasteiger partial charge is 0.465 e. The smallest absolute Gasteiger partial charge is 0.311 e. The highest BCUT2D eigenvalue weighted by molar-refractivity contribution is 8.02. The van der Waals surface area contributed by atoms with Gasteiger partial charge in [-0.1, -0.05) is 58.9 Å². The Morgan fingerprint density at radius 1 is 1.14 bits per heavy atom. The van der Waals surface area contributed by atoms with Crippen LogP contribution in [0.5, 0.6) is 0 Å². The molecular formula is C29H44N2O5S. The lowest BCUT2D eigenvalue weighted by atomic mass is 9.78. The van der Waals surface area contributed by atoms with Gasteiger partial charge in [0.15, 0.2) is 0 Å². The Morgan fingerprint density at radius 3 is 2.46 bits per heavy atom. The summed E-state index contributed by atoms with van der Waals surface area (Å²) in [7, 11) is 0. The van der Waals surface area contributed by atoms with Gasteiger partial charge in [0, 0.05) is 17.3 Å². The lowest BCUT2D eigenvalue weighted by molar-refractivity contribution is -0.154. The summed E-state index contributed by atoms with van der Waals surface area (Å²) in [5, 5.41) is 10.2. The molecule has 0 aromatic heterocycles. The van der Waals surface area contributed by atoms with Crippen molar-refractivity contribution in [2.45, 2.75) is 95.3 Å². The summed E-state index contributed by atoms with van der Waals surface area (Å²) in [6.45, 7) is 15.3. The van der Waals surface area contributed by atoms with Gasteiger partial charge >= 0.3 is 5.97 Å². The summed E-state index contributed by atoms with van der Waals surface area (Å²) in [5.41, 5.74) is -0.451. The number of fused-ring (bicyclic) bond motifs is 2. The molecule has 37 heavy (non-hydrogen) atoms. The van der Waals surface area contributed by atoms with Crippen LogP contribution in [-0.2, 0) is 19.1 Å². The second kappa shape index (κ2) is 10.1. The molecule has 2 fully saturated rings. The number of carbonyl (C=O) groups excluding carboxylic acids is 3. The molecule has 2 amide bonds. The van der Waals surface area contributed by atoms with Crippen molar-refractivity contribution in [3.05, 3.63) is 24.3 Å². The molecule has 4 heterocycles. The van der Waals surface area contributed by atoms with Crippen LogP contribution in [0.3, 0.4) is 0 Å². The predicted octanol–water partition coefficient (Wildman–Crippen LogP) is 3.81. The first-order valence-corrected chi connectivity index (χ1v) is 14.5. The molecule has 4 aliphatic heterocycles. The number of cyclic esters (lactones) is 1. The fourth-order valence-corrected chi connectivity index (χ4v) is 9.19. The number of aliphatic hydroxyl groups excluding tert-OH is 1. The third-order valence-electron chi connectivity index (χ3n) is 8.10. The van der Waals surface area contributed by atoms with E-state index in [1.807, 2.05) is 29.2 Å². The van der Waals surface area contributed by atoms with Gasteiger partial charge in [-0.15, -0.1) is 11.8 Å². The van der Waals surface area contributed by atoms with Crippen molar-refractivity contribution in [3.8, 4) is 0 Å². The van der Waals surface area contributed by atoms with Crippen LogP contribution in [0.15, 0.2) is 24.3 Å². The highest BCUT2D eigenvalue weighted by Gasteiger charge is 2.72. The summed E-state index contributed by atoms with van der Waals surface area (Å²) >= 11 is 1.55. The molecule has 6 atom stereocenters. The molecule has 0 radical (unpaired) electrons. The molecule has 206 valence electrons. The van der Waals surface area contributed by atoms with E-state index in [-0.39, 0.29) is 41.0 Å². The molecule has 0 bridgehead atoms. The standard InChI is InChI=1S/C29H44N2O5S/c1-18(2)15-19(16-32)31-23-25(34)30(28(6,7)17-27(3,4)5)13-10-12-29(23)22(24(31)33)21-20(37-29)11-8-9-14-36-26(21)35/h8,10-12,18-23,32H,9,13-17H2,1-7H3/t19-,20+,21-,22+,23?,29+/m1/s1. The summed E-state index contributed by atoms with van der Waals surface area (Å²) in [6, 6.07) is -1.29. The highest BCUT2D eigenvalue weighted by Crippen LogP contribution is 2.61. The van der Waals surface area contributed by atoms with Gasteiger partial charge in [0.25, 0.3) is 0 Å². The molecule has 1 unspecified atom stereocenters. The van der Waals surface area contributed by atoms with Gasteiger partial charge in [0.2, 0.25) is 11.8 Å². The van der Waals surface area contributed by atoms with Crippen molar-refractivity contribution in [2.75, 3.05) is 19.8 Å². The molecule has 0 aromatic carbocycles. The van der Waals surface area contributed by atoms with E-state index in [0.29, 0.717) is 26.0 Å². The Morgan fingerprint density at radius 2 is 1.84 bits per heavy atom. The van der Waals surface area contributed by atoms with E-state index in [9.17, 15) is 19.5 Å². The van der Waals surface area contributed by atoms with Gasteiger partial charge < -0.3 is 19.6 Å². The lowest BCUT2D eigenvalue weighted by Crippen LogP contribution is -2.60. The fourth-order valence-electron chi connectivity index (χ4n) is 7.20. The molecule has 7 nitrogen and oxygen atoms in total. The van der Waals surface area contributed by atoms with Gasteiger partial charge in [-0.25, -0.2) is 0 Å². The molecule has 2 saturated heterocycles. The van der Waals surface area contributed by atoms with Crippen LogP contribution in [-0.4, -0.2) is 80.1 Å². The first-order valence-electron chi connectivity index (χ1n) is 13.7. The van der Waals surface area contributed by atoms with Crippen molar-refractivity contribution in [1.82, 2.24) is 9.80 Å². The van der Waals surface area contributed by atoms with Crippen LogP contribution in [0.1, 0.15) is 67.7 Å². The van der Waals surface area contributed by atoms with Gasteiger partial charge in [0.05, 0.1) is 35.8 Å². The minimum atomic E-state index is -0.895. The number of rotatable bonds is 6. The fraction of sp³-hybridized carbons (Fsp3) is 0.759. The summed E-state index contributed by atoms with van der Waals surface area (Å²) < 4.78 is 4.67. The maximum absolute atomic E-state index is 14.6. The highest BCUT2D eigenvalue weighted by atomic mass is 32.2. The molecule has 0 saturated carbocycles. The SMILES string of the molecule is CC(C)C[C@H](CO)N1C(=O)[C@@H]2[C@@H]3C(=O)OCCC=C[C@@H]3S[C@@]23C=CCN(C(C)(C)CC(C)(C)C)C(=O)C13. The Labute approximate surface area is 226 Å². The van der Waals surface area contributed by atoms with Gasteiger partial charge in [-0.2, -0.15) is 0 Å². The van der Waals surface area contributed by atoms with Gasteiger partial charge in [0.1, 0.15) is 6.04 Å². The molecule has 0 aliphatic carbocycles. The number of thioether (sulfide) groups is 1. The third kappa shape index (κ3) is 5.00. The van der Waals surface area contributed by atoms with Crippen molar-refractivity contribution in [1.29, 1.82) is 0 Å². The van der Waals surface area contributed by atoms with Crippen LogP contribution in [0.4, 0.5) is 0 Å². The van der Waals surface area contributed by atoms with Crippen LogP contribution < -0.4 is 0 Å². The first kappa shape index (κ1) is 28.2. The van der Waals surface area contributed by atoms with E-state index in [2.05, 4.69) is 48.5 Å². The summed E-state index contributed by atoms with van der Waals surface area (Å²) in [5.74, 6) is -1.83. The zero-order valence-corrected chi connectivity index (χ0v) is 24.2. The van der Waals surface area contributed by atoms with E-state index in [4.69, 9.17) is 4.74 Å². The summed E-state index contributed by atoms with van der Waals surface area (Å²) in [6.07, 6.45) is 10.1. The van der Waals surface area contributed by atoms with Gasteiger partial charge in [-0.05, 0) is 44.4 Å². The molecule has 8 heteroatoms. The van der Waals surface area contributed by atoms with E-state index in [1.54, 1.807) is 16.7 Å². The number of ether oxygens (including phenoxy) is 1. The monoisotopic (exact) mass is 532 g/mol. The first-order chi connectivity index (χ1) is 17.2. The number of nitrogens with zero attached hydrogens (tertiary/aromatic N) is 2. The molecule has 1 N–H and O–H groups in total. The molecule has 0 aromatic rings. The van der Waals surface area contributed by atoms with Crippen molar-refractivity contribution in [3.63, 3.8) is 0 Å². The van der Waals surface area contributed by atoms with Crippen molar-refractivity contribution >= 4 is 29.5 Å². The third-order valence-corrected chi connectivity index (χ3v) is 9.84. The normalized spacial score (nSPS) is 33.1. The topological polar surface area (TPSA) is 87.2 Å². The van der Waals surface area contributed by atoms with E-state index < -0.39 is 34.2 Å². The number of amides is 2. The zero-order chi connectivity index (χ0) is 27.3. The molecule has 1 spiro atoms. The van der Waals surface area contributed by atoms with Crippen LogP contribution in [0.2, 0.25) is 0 Å². The number of carbonyl (C=O) groups is 3. The minimum absolute atomic E-state index is 0.00140. The molecule has 4 aliphatic rings. The number of hydrogen-bond donors (Lipinski definition) is 1. The molecular weight excluding hydrogens is 488 g/mol. The Bertz CT molecular complexity index is 983. The van der Waals surface area contributed by atoms with Crippen molar-refractivity contribution in [2.24, 2.45) is 23.2 Å². The second-order valence-electron chi connectivity index (χ2n) is 13.3. The Kier molecular flexibility index (Phi) is 7.67.